The van der Waals surface area contributed by atoms with Gasteiger partial charge in [-0.15, -0.1) is 0 Å². The molecule has 8 nitrogen and oxygen atoms in total. The Morgan fingerprint density at radius 2 is 1.73 bits per heavy atom. The first-order valence-corrected chi connectivity index (χ1v) is 9.99. The number of nitrogens with two attached hydrogens (primary N) is 1. The van der Waals surface area contributed by atoms with E-state index in [-0.39, 0.29) is 11.4 Å². The third-order valence-electron chi connectivity index (χ3n) is 5.16. The van der Waals surface area contributed by atoms with Crippen LogP contribution >= 0.6 is 0 Å². The first-order valence-electron chi connectivity index (χ1n) is 9.99. The van der Waals surface area contributed by atoms with Crippen molar-refractivity contribution in [3.05, 3.63) is 71.6 Å². The van der Waals surface area contributed by atoms with Crippen molar-refractivity contribution in [2.75, 3.05) is 27.0 Å². The van der Waals surface area contributed by atoms with Crippen LogP contribution in [0.5, 0.6) is 23.0 Å². The molecule has 9 heteroatoms. The third-order valence-corrected chi connectivity index (χ3v) is 5.16. The molecular formula is C24H22FN5O3. The van der Waals surface area contributed by atoms with Crippen molar-refractivity contribution in [3.8, 4) is 23.0 Å². The molecule has 0 fully saturated rings. The smallest absolute Gasteiger partial charge is 0.162 e. The largest absolute Gasteiger partial charge is 0.493 e. The van der Waals surface area contributed by atoms with Gasteiger partial charge in [0.2, 0.25) is 0 Å². The fourth-order valence-electron chi connectivity index (χ4n) is 3.57. The van der Waals surface area contributed by atoms with Gasteiger partial charge in [0, 0.05) is 36.3 Å². The third kappa shape index (κ3) is 4.12. The molecule has 2 aromatic heterocycles. The zero-order valence-corrected chi connectivity index (χ0v) is 18.6. The standard InChI is InChI=1S/C24H22FN5O3/c1-13-22(24(26)30-12-29-13)23(27-2)15-6-5-14(9-17(15)25)33-19-7-8-28-18-11-21(32-4)20(31-3)10-16(18)19/h5-12H,1-4H3,(H2,26,29,30)/b27-23-. The number of hydrogen-bond donors (Lipinski definition) is 1. The van der Waals surface area contributed by atoms with E-state index in [1.54, 1.807) is 64.7 Å². The number of ether oxygens (including phenoxy) is 3. The number of aliphatic imine (C=N–C) groups is 1. The Morgan fingerprint density at radius 1 is 0.970 bits per heavy atom. The number of pyridine rings is 1. The van der Waals surface area contributed by atoms with E-state index in [0.717, 1.165) is 0 Å². The molecule has 0 unspecified atom stereocenters. The maximum Gasteiger partial charge on any atom is 0.162 e. The number of halogens is 1. The first kappa shape index (κ1) is 21.9. The van der Waals surface area contributed by atoms with Crippen LogP contribution in [0.4, 0.5) is 10.2 Å². The molecule has 0 spiro atoms. The molecule has 0 saturated heterocycles. The summed E-state index contributed by atoms with van der Waals surface area (Å²) < 4.78 is 31.9. The Bertz CT molecular complexity index is 1350. The fourth-order valence-corrected chi connectivity index (χ4v) is 3.57. The van der Waals surface area contributed by atoms with Gasteiger partial charge in [0.05, 0.1) is 36.7 Å². The van der Waals surface area contributed by atoms with E-state index in [4.69, 9.17) is 19.9 Å². The van der Waals surface area contributed by atoms with Gasteiger partial charge in [-0.2, -0.15) is 0 Å². The molecule has 2 heterocycles. The van der Waals surface area contributed by atoms with E-state index in [2.05, 4.69) is 19.9 Å². The molecule has 33 heavy (non-hydrogen) atoms. The van der Waals surface area contributed by atoms with E-state index in [0.29, 0.717) is 50.9 Å². The van der Waals surface area contributed by atoms with Crippen molar-refractivity contribution in [2.24, 2.45) is 4.99 Å². The number of anilines is 1. The highest BCUT2D eigenvalue weighted by Gasteiger charge is 2.19. The second-order valence-corrected chi connectivity index (χ2v) is 7.07. The number of aryl methyl sites for hydroxylation is 1. The lowest BCUT2D eigenvalue weighted by Gasteiger charge is -2.14. The Hall–Kier alpha value is -4.27. The summed E-state index contributed by atoms with van der Waals surface area (Å²) in [5.41, 5.74) is 8.39. The highest BCUT2D eigenvalue weighted by molar-refractivity contribution is 6.16. The lowest BCUT2D eigenvalue weighted by molar-refractivity contribution is 0.355. The number of benzene rings is 2. The van der Waals surface area contributed by atoms with Crippen LogP contribution in [0.2, 0.25) is 0 Å². The van der Waals surface area contributed by atoms with Gasteiger partial charge in [0.25, 0.3) is 0 Å². The molecule has 2 aromatic carbocycles. The van der Waals surface area contributed by atoms with Crippen molar-refractivity contribution in [3.63, 3.8) is 0 Å². The summed E-state index contributed by atoms with van der Waals surface area (Å²) in [6.45, 7) is 1.77. The number of nitrogens with zero attached hydrogens (tertiary/aromatic N) is 4. The highest BCUT2D eigenvalue weighted by Crippen LogP contribution is 2.37. The number of hydrogen-bond acceptors (Lipinski definition) is 8. The second kappa shape index (κ2) is 9.07. The van der Waals surface area contributed by atoms with Crippen LogP contribution in [0.25, 0.3) is 10.9 Å². The predicted octanol–water partition coefficient (Wildman–Crippen LogP) is 4.33. The molecule has 0 atom stereocenters. The number of methoxy groups -OCH3 is 2. The monoisotopic (exact) mass is 447 g/mol. The Kier molecular flexibility index (Phi) is 6.03. The SMILES string of the molecule is C/N=C(/c1ccc(Oc2ccnc3cc(OC)c(OC)cc23)cc1F)c1c(C)ncnc1N. The normalized spacial score (nSPS) is 11.5. The summed E-state index contributed by atoms with van der Waals surface area (Å²) in [5.74, 6) is 1.60. The van der Waals surface area contributed by atoms with E-state index in [1.807, 2.05) is 0 Å². The van der Waals surface area contributed by atoms with Gasteiger partial charge in [-0.25, -0.2) is 14.4 Å². The molecule has 4 aromatic rings. The van der Waals surface area contributed by atoms with Crippen LogP contribution in [-0.2, 0) is 0 Å². The number of fused-ring (bicyclic) bond motifs is 1. The number of aromatic nitrogens is 3. The minimum absolute atomic E-state index is 0.232. The molecule has 4 rings (SSSR count). The van der Waals surface area contributed by atoms with Gasteiger partial charge in [-0.1, -0.05) is 0 Å². The van der Waals surface area contributed by atoms with E-state index < -0.39 is 5.82 Å². The zero-order valence-electron chi connectivity index (χ0n) is 18.6. The zero-order chi connectivity index (χ0) is 23.5. The van der Waals surface area contributed by atoms with Gasteiger partial charge >= 0.3 is 0 Å². The summed E-state index contributed by atoms with van der Waals surface area (Å²) in [6, 6.07) is 9.76. The number of rotatable bonds is 6. The second-order valence-electron chi connectivity index (χ2n) is 7.07. The van der Waals surface area contributed by atoms with Crippen molar-refractivity contribution in [1.82, 2.24) is 15.0 Å². The maximum atomic E-state index is 15.2. The summed E-state index contributed by atoms with van der Waals surface area (Å²) in [5, 5.41) is 0.695. The Balaban J connectivity index is 1.72. The molecule has 0 amide bonds. The van der Waals surface area contributed by atoms with Crippen molar-refractivity contribution in [2.45, 2.75) is 6.92 Å². The Morgan fingerprint density at radius 3 is 2.39 bits per heavy atom. The Labute approximate surface area is 189 Å². The quantitative estimate of drug-likeness (QED) is 0.439. The van der Waals surface area contributed by atoms with Gasteiger partial charge in [0.1, 0.15) is 29.5 Å². The maximum absolute atomic E-state index is 15.2. The summed E-state index contributed by atoms with van der Waals surface area (Å²) in [4.78, 5) is 16.8. The van der Waals surface area contributed by atoms with Crippen LogP contribution in [0.1, 0.15) is 16.8 Å². The van der Waals surface area contributed by atoms with Crippen LogP contribution in [0, 0.1) is 12.7 Å². The van der Waals surface area contributed by atoms with Crippen LogP contribution in [0.15, 0.2) is 53.9 Å². The summed E-state index contributed by atoms with van der Waals surface area (Å²) in [6.07, 6.45) is 2.97. The molecule has 0 saturated carbocycles. The van der Waals surface area contributed by atoms with Crippen LogP contribution < -0.4 is 19.9 Å². The minimum Gasteiger partial charge on any atom is -0.493 e. The molecule has 0 aliphatic heterocycles. The van der Waals surface area contributed by atoms with E-state index in [9.17, 15) is 0 Å². The molecule has 0 bridgehead atoms. The lowest BCUT2D eigenvalue weighted by atomic mass is 10.0. The molecule has 0 aliphatic carbocycles. The average Bonchev–Trinajstić information content (AvgIpc) is 2.81. The predicted molar refractivity (Wildman–Crippen MR) is 124 cm³/mol. The van der Waals surface area contributed by atoms with E-state index >= 15 is 4.39 Å². The lowest BCUT2D eigenvalue weighted by Crippen LogP contribution is -2.13. The summed E-state index contributed by atoms with van der Waals surface area (Å²) >= 11 is 0. The molecular weight excluding hydrogens is 425 g/mol. The van der Waals surface area contributed by atoms with Crippen molar-refractivity contribution < 1.29 is 18.6 Å². The van der Waals surface area contributed by atoms with E-state index in [1.165, 1.54) is 12.4 Å². The van der Waals surface area contributed by atoms with Gasteiger partial charge in [0.15, 0.2) is 11.5 Å². The highest BCUT2D eigenvalue weighted by atomic mass is 19.1. The van der Waals surface area contributed by atoms with Gasteiger partial charge in [-0.05, 0) is 31.2 Å². The molecule has 2 N–H and O–H groups in total. The van der Waals surface area contributed by atoms with Crippen molar-refractivity contribution >= 4 is 22.4 Å². The summed E-state index contributed by atoms with van der Waals surface area (Å²) in [7, 11) is 4.67. The minimum atomic E-state index is -0.520. The van der Waals surface area contributed by atoms with Gasteiger partial charge in [-0.3, -0.25) is 9.98 Å². The number of nitrogen functional groups attached to an aromatic ring is 1. The van der Waals surface area contributed by atoms with Crippen LogP contribution in [-0.4, -0.2) is 41.9 Å². The molecule has 0 aliphatic rings. The van der Waals surface area contributed by atoms with Gasteiger partial charge < -0.3 is 19.9 Å². The topological polar surface area (TPSA) is 105 Å². The molecule has 168 valence electrons. The molecule has 0 radical (unpaired) electrons. The van der Waals surface area contributed by atoms with Crippen molar-refractivity contribution in [1.29, 1.82) is 0 Å². The fraction of sp³-hybridized carbons (Fsp3) is 0.167. The van der Waals surface area contributed by atoms with Crippen LogP contribution in [0.3, 0.4) is 0 Å². The average molecular weight is 447 g/mol. The first-order chi connectivity index (χ1) is 16.0.